The van der Waals surface area contributed by atoms with Gasteiger partial charge in [-0.25, -0.2) is 0 Å². The van der Waals surface area contributed by atoms with E-state index < -0.39 is 0 Å². The van der Waals surface area contributed by atoms with E-state index in [-0.39, 0.29) is 11.9 Å². The third-order valence-corrected chi connectivity index (χ3v) is 5.62. The summed E-state index contributed by atoms with van der Waals surface area (Å²) in [5.74, 6) is 0.113. The number of benzene rings is 1. The molecular formula is C15H20N2OS. The second kappa shape index (κ2) is 5.17. The molecule has 19 heavy (non-hydrogen) atoms. The summed E-state index contributed by atoms with van der Waals surface area (Å²) in [5, 5.41) is 6.51. The van der Waals surface area contributed by atoms with E-state index in [1.807, 2.05) is 30.0 Å². The minimum absolute atomic E-state index is 0.0583. The molecule has 1 aromatic rings. The summed E-state index contributed by atoms with van der Waals surface area (Å²) in [6.45, 7) is 0.947. The monoisotopic (exact) mass is 276 g/mol. The third kappa shape index (κ3) is 2.79. The summed E-state index contributed by atoms with van der Waals surface area (Å²) >= 11 is 1.93. The summed E-state index contributed by atoms with van der Waals surface area (Å²) < 4.78 is 0.402. The number of hydrogen-bond acceptors (Lipinski definition) is 3. The fourth-order valence-corrected chi connectivity index (χ4v) is 3.35. The van der Waals surface area contributed by atoms with E-state index in [4.69, 9.17) is 0 Å². The molecular weight excluding hydrogens is 256 g/mol. The first-order valence-electron chi connectivity index (χ1n) is 6.90. The van der Waals surface area contributed by atoms with Crippen molar-refractivity contribution < 1.29 is 4.79 Å². The second-order valence-electron chi connectivity index (χ2n) is 5.51. The Morgan fingerprint density at radius 2 is 2.21 bits per heavy atom. The van der Waals surface area contributed by atoms with Gasteiger partial charge in [0, 0.05) is 17.0 Å². The van der Waals surface area contributed by atoms with Crippen LogP contribution in [0.3, 0.4) is 0 Å². The van der Waals surface area contributed by atoms with Crippen LogP contribution in [0.2, 0.25) is 0 Å². The number of carbonyl (C=O) groups excluding carboxylic acids is 1. The molecule has 0 saturated heterocycles. The molecule has 0 aromatic heterocycles. The summed E-state index contributed by atoms with van der Waals surface area (Å²) in [4.78, 5) is 12.2. The van der Waals surface area contributed by atoms with Gasteiger partial charge in [0.2, 0.25) is 5.91 Å². The molecule has 1 aliphatic heterocycles. The van der Waals surface area contributed by atoms with Crippen molar-refractivity contribution in [2.24, 2.45) is 0 Å². The lowest BCUT2D eigenvalue weighted by Gasteiger charge is -2.19. The molecule has 0 radical (unpaired) electrons. The smallest absolute Gasteiger partial charge is 0.241 e. The highest BCUT2D eigenvalue weighted by molar-refractivity contribution is 8.00. The van der Waals surface area contributed by atoms with Crippen molar-refractivity contribution in [2.75, 3.05) is 18.1 Å². The molecule has 1 unspecified atom stereocenters. The van der Waals surface area contributed by atoms with Gasteiger partial charge in [-0.1, -0.05) is 18.2 Å². The summed E-state index contributed by atoms with van der Waals surface area (Å²) in [7, 11) is 0. The number of anilines is 1. The van der Waals surface area contributed by atoms with E-state index in [1.54, 1.807) is 0 Å². The van der Waals surface area contributed by atoms with E-state index >= 15 is 0 Å². The highest BCUT2D eigenvalue weighted by Crippen LogP contribution is 2.46. The predicted octanol–water partition coefficient (Wildman–Crippen LogP) is 2.43. The van der Waals surface area contributed by atoms with E-state index in [9.17, 15) is 4.79 Å². The van der Waals surface area contributed by atoms with Crippen LogP contribution in [0, 0.1) is 0 Å². The lowest BCUT2D eigenvalue weighted by atomic mass is 10.1. The van der Waals surface area contributed by atoms with Crippen LogP contribution in [0.25, 0.3) is 0 Å². The van der Waals surface area contributed by atoms with Crippen LogP contribution in [0.4, 0.5) is 5.69 Å². The molecule has 1 heterocycles. The normalized spacial score (nSPS) is 24.3. The number of hydrogen-bond donors (Lipinski definition) is 2. The fourth-order valence-electron chi connectivity index (χ4n) is 2.61. The minimum atomic E-state index is -0.0583. The van der Waals surface area contributed by atoms with Gasteiger partial charge < -0.3 is 10.6 Å². The first kappa shape index (κ1) is 13.0. The lowest BCUT2D eigenvalue weighted by Crippen LogP contribution is -2.43. The number of para-hydroxylation sites is 1. The second-order valence-corrected chi connectivity index (χ2v) is 6.78. The molecule has 1 aliphatic carbocycles. The molecule has 4 heteroatoms. The van der Waals surface area contributed by atoms with Gasteiger partial charge in [-0.3, -0.25) is 4.79 Å². The number of aryl methyl sites for hydroxylation is 1. The SMILES string of the molecule is CSC1(CNC2CCc3ccccc3NC2=O)CC1. The Hall–Kier alpha value is -1.00. The average Bonchev–Trinajstić information content (AvgIpc) is 3.21. The number of amides is 1. The van der Waals surface area contributed by atoms with Crippen molar-refractivity contribution in [3.05, 3.63) is 29.8 Å². The van der Waals surface area contributed by atoms with E-state index in [0.29, 0.717) is 4.75 Å². The number of fused-ring (bicyclic) bond motifs is 1. The van der Waals surface area contributed by atoms with Crippen molar-refractivity contribution in [3.8, 4) is 0 Å². The maximum atomic E-state index is 12.2. The van der Waals surface area contributed by atoms with Gasteiger partial charge in [0.05, 0.1) is 6.04 Å². The van der Waals surface area contributed by atoms with Crippen molar-refractivity contribution >= 4 is 23.4 Å². The first-order chi connectivity index (χ1) is 9.22. The van der Waals surface area contributed by atoms with Crippen LogP contribution in [-0.2, 0) is 11.2 Å². The first-order valence-corrected chi connectivity index (χ1v) is 8.12. The molecule has 3 nitrogen and oxygen atoms in total. The van der Waals surface area contributed by atoms with Crippen LogP contribution >= 0.6 is 11.8 Å². The van der Waals surface area contributed by atoms with Crippen LogP contribution in [0.15, 0.2) is 24.3 Å². The van der Waals surface area contributed by atoms with Gasteiger partial charge in [0.1, 0.15) is 0 Å². The Morgan fingerprint density at radius 1 is 1.42 bits per heavy atom. The van der Waals surface area contributed by atoms with Crippen molar-refractivity contribution in [1.82, 2.24) is 5.32 Å². The van der Waals surface area contributed by atoms with Crippen molar-refractivity contribution in [3.63, 3.8) is 0 Å². The average molecular weight is 276 g/mol. The van der Waals surface area contributed by atoms with E-state index in [2.05, 4.69) is 23.0 Å². The molecule has 0 spiro atoms. The summed E-state index contributed by atoms with van der Waals surface area (Å²) in [5.41, 5.74) is 2.22. The molecule has 1 atom stereocenters. The number of carbonyl (C=O) groups is 1. The third-order valence-electron chi connectivity index (χ3n) is 4.21. The zero-order valence-corrected chi connectivity index (χ0v) is 12.1. The molecule has 0 bridgehead atoms. The van der Waals surface area contributed by atoms with Crippen LogP contribution in [-0.4, -0.2) is 29.5 Å². The zero-order valence-electron chi connectivity index (χ0n) is 11.2. The Kier molecular flexibility index (Phi) is 3.54. The van der Waals surface area contributed by atoms with E-state index in [1.165, 1.54) is 18.4 Å². The highest BCUT2D eigenvalue weighted by atomic mass is 32.2. The number of nitrogens with one attached hydrogen (secondary N) is 2. The zero-order chi connectivity index (χ0) is 13.3. The quantitative estimate of drug-likeness (QED) is 0.887. The van der Waals surface area contributed by atoms with Gasteiger partial charge in [-0.05, 0) is 43.6 Å². The van der Waals surface area contributed by atoms with Crippen LogP contribution < -0.4 is 10.6 Å². The largest absolute Gasteiger partial charge is 0.324 e. The van der Waals surface area contributed by atoms with Gasteiger partial charge in [-0.2, -0.15) is 11.8 Å². The standard InChI is InChI=1S/C15H20N2OS/c1-19-15(8-9-15)10-16-13-7-6-11-4-2-3-5-12(11)17-14(13)18/h2-5,13,16H,6-10H2,1H3,(H,17,18). The predicted molar refractivity (Wildman–Crippen MR) is 80.7 cm³/mol. The lowest BCUT2D eigenvalue weighted by molar-refractivity contribution is -0.118. The van der Waals surface area contributed by atoms with Gasteiger partial charge in [0.15, 0.2) is 0 Å². The van der Waals surface area contributed by atoms with Crippen LogP contribution in [0.5, 0.6) is 0 Å². The molecule has 1 saturated carbocycles. The van der Waals surface area contributed by atoms with Gasteiger partial charge in [0.25, 0.3) is 0 Å². The summed E-state index contributed by atoms with van der Waals surface area (Å²) in [6, 6.07) is 8.03. The topological polar surface area (TPSA) is 41.1 Å². The molecule has 3 rings (SSSR count). The Morgan fingerprint density at radius 3 is 2.95 bits per heavy atom. The number of rotatable bonds is 4. The molecule has 2 N–H and O–H groups in total. The molecule has 1 aromatic carbocycles. The van der Waals surface area contributed by atoms with Crippen LogP contribution in [0.1, 0.15) is 24.8 Å². The molecule has 2 aliphatic rings. The maximum Gasteiger partial charge on any atom is 0.241 e. The van der Waals surface area contributed by atoms with Gasteiger partial charge >= 0.3 is 0 Å². The number of thioether (sulfide) groups is 1. The summed E-state index contributed by atoms with van der Waals surface area (Å²) in [6.07, 6.45) is 6.55. The maximum absolute atomic E-state index is 12.2. The highest BCUT2D eigenvalue weighted by Gasteiger charge is 2.42. The fraction of sp³-hybridized carbons (Fsp3) is 0.533. The van der Waals surface area contributed by atoms with Crippen molar-refractivity contribution in [2.45, 2.75) is 36.5 Å². The van der Waals surface area contributed by atoms with Crippen molar-refractivity contribution in [1.29, 1.82) is 0 Å². The Bertz CT molecular complexity index is 485. The molecule has 1 fully saturated rings. The minimum Gasteiger partial charge on any atom is -0.324 e. The Balaban J connectivity index is 1.64. The Labute approximate surface area is 118 Å². The molecule has 102 valence electrons. The van der Waals surface area contributed by atoms with E-state index in [0.717, 1.165) is 25.1 Å². The van der Waals surface area contributed by atoms with Gasteiger partial charge in [-0.15, -0.1) is 0 Å². The molecule has 1 amide bonds.